The Bertz CT molecular complexity index is 800. The van der Waals surface area contributed by atoms with Gasteiger partial charge in [-0.25, -0.2) is 0 Å². The van der Waals surface area contributed by atoms with Gasteiger partial charge in [0, 0.05) is 17.1 Å². The third-order valence-electron chi connectivity index (χ3n) is 3.28. The second-order valence-corrected chi connectivity index (χ2v) is 4.62. The van der Waals surface area contributed by atoms with Crippen LogP contribution in [0.1, 0.15) is 15.9 Å². The summed E-state index contributed by atoms with van der Waals surface area (Å²) in [6.07, 6.45) is -2.79. The number of benzene rings is 2. The number of hydrogen-bond acceptors (Lipinski definition) is 1. The molecular formula is C16H10F3NO. The lowest BCUT2D eigenvalue weighted by atomic mass is 10.1. The Hall–Kier alpha value is -2.56. The van der Waals surface area contributed by atoms with Crippen molar-refractivity contribution >= 4 is 16.8 Å². The van der Waals surface area contributed by atoms with Crippen LogP contribution in [0.4, 0.5) is 13.2 Å². The van der Waals surface area contributed by atoms with Gasteiger partial charge in [-0.3, -0.25) is 9.36 Å². The number of nitrogens with zero attached hydrogens (tertiary/aromatic N) is 1. The molecule has 0 N–H and O–H groups in total. The van der Waals surface area contributed by atoms with Gasteiger partial charge in [-0.05, 0) is 36.4 Å². The molecule has 106 valence electrons. The predicted octanol–water partition coefficient (Wildman–Crippen LogP) is 4.35. The Morgan fingerprint density at radius 2 is 1.57 bits per heavy atom. The molecule has 0 saturated heterocycles. The van der Waals surface area contributed by atoms with E-state index in [2.05, 4.69) is 0 Å². The van der Waals surface area contributed by atoms with Crippen molar-refractivity contribution in [2.45, 2.75) is 6.18 Å². The zero-order chi connectivity index (χ0) is 15.0. The molecule has 0 unspecified atom stereocenters. The third kappa shape index (κ3) is 2.42. The van der Waals surface area contributed by atoms with Crippen molar-refractivity contribution in [2.75, 3.05) is 0 Å². The molecule has 1 heterocycles. The van der Waals surface area contributed by atoms with Gasteiger partial charge in [0.1, 0.15) is 0 Å². The van der Waals surface area contributed by atoms with Gasteiger partial charge in [0.15, 0.2) is 0 Å². The first-order chi connectivity index (χ1) is 9.97. The predicted molar refractivity (Wildman–Crippen MR) is 73.1 cm³/mol. The highest BCUT2D eigenvalue weighted by atomic mass is 19.4. The van der Waals surface area contributed by atoms with Crippen molar-refractivity contribution in [3.05, 3.63) is 71.9 Å². The highest BCUT2D eigenvalue weighted by Gasteiger charge is 2.30. The molecule has 2 nitrogen and oxygen atoms in total. The van der Waals surface area contributed by atoms with Crippen molar-refractivity contribution in [3.63, 3.8) is 0 Å². The minimum Gasteiger partial charge on any atom is -0.283 e. The third-order valence-corrected chi connectivity index (χ3v) is 3.28. The Morgan fingerprint density at radius 3 is 2.24 bits per heavy atom. The maximum Gasteiger partial charge on any atom is 0.416 e. The second kappa shape index (κ2) is 4.77. The monoisotopic (exact) mass is 289 g/mol. The average Bonchev–Trinajstić information content (AvgIpc) is 2.90. The van der Waals surface area contributed by atoms with Crippen molar-refractivity contribution in [1.29, 1.82) is 0 Å². The van der Waals surface area contributed by atoms with Crippen LogP contribution in [-0.2, 0) is 6.18 Å². The van der Waals surface area contributed by atoms with Crippen LogP contribution < -0.4 is 0 Å². The van der Waals surface area contributed by atoms with E-state index < -0.39 is 11.7 Å². The Morgan fingerprint density at radius 1 is 0.905 bits per heavy atom. The topological polar surface area (TPSA) is 22.0 Å². The summed E-state index contributed by atoms with van der Waals surface area (Å²) >= 11 is 0. The zero-order valence-electron chi connectivity index (χ0n) is 10.8. The van der Waals surface area contributed by atoms with Crippen molar-refractivity contribution in [3.8, 4) is 0 Å². The number of rotatable bonds is 1. The summed E-state index contributed by atoms with van der Waals surface area (Å²) in [5.41, 5.74) is 0.170. The van der Waals surface area contributed by atoms with E-state index in [0.29, 0.717) is 0 Å². The van der Waals surface area contributed by atoms with E-state index in [1.54, 1.807) is 24.4 Å². The lowest BCUT2D eigenvalue weighted by Gasteiger charge is -2.08. The number of halogens is 3. The van der Waals surface area contributed by atoms with Crippen LogP contribution in [0.2, 0.25) is 0 Å². The van der Waals surface area contributed by atoms with E-state index in [4.69, 9.17) is 0 Å². The molecule has 5 heteroatoms. The fourth-order valence-electron chi connectivity index (χ4n) is 2.20. The molecule has 0 aliphatic carbocycles. The Kier molecular flexibility index (Phi) is 3.05. The van der Waals surface area contributed by atoms with Crippen LogP contribution in [0.25, 0.3) is 10.9 Å². The summed E-state index contributed by atoms with van der Waals surface area (Å²) < 4.78 is 39.0. The summed E-state index contributed by atoms with van der Waals surface area (Å²) in [6, 6.07) is 13.3. The van der Waals surface area contributed by atoms with Crippen LogP contribution in [0.5, 0.6) is 0 Å². The first-order valence-corrected chi connectivity index (χ1v) is 6.25. The largest absolute Gasteiger partial charge is 0.416 e. The summed E-state index contributed by atoms with van der Waals surface area (Å²) in [5, 5.41) is 0.901. The number of carbonyl (C=O) groups is 1. The second-order valence-electron chi connectivity index (χ2n) is 4.62. The van der Waals surface area contributed by atoms with E-state index in [-0.39, 0.29) is 11.5 Å². The van der Waals surface area contributed by atoms with E-state index in [1.807, 2.05) is 12.1 Å². The maximum absolute atomic E-state index is 12.5. The average molecular weight is 289 g/mol. The molecule has 1 aromatic heterocycles. The Balaban J connectivity index is 1.99. The maximum atomic E-state index is 12.5. The number of fused-ring (bicyclic) bond motifs is 1. The van der Waals surface area contributed by atoms with Gasteiger partial charge in [0.25, 0.3) is 5.91 Å². The zero-order valence-corrected chi connectivity index (χ0v) is 10.8. The molecule has 21 heavy (non-hydrogen) atoms. The lowest BCUT2D eigenvalue weighted by molar-refractivity contribution is -0.137. The van der Waals surface area contributed by atoms with Gasteiger partial charge < -0.3 is 0 Å². The van der Waals surface area contributed by atoms with Gasteiger partial charge >= 0.3 is 6.18 Å². The van der Waals surface area contributed by atoms with Crippen LogP contribution in [0, 0.1) is 0 Å². The SMILES string of the molecule is O=C(c1ccc(C(F)(F)F)cc1)n1ccc2ccccc21. The minimum absolute atomic E-state index is 0.212. The van der Waals surface area contributed by atoms with Gasteiger partial charge in [0.05, 0.1) is 11.1 Å². The molecule has 0 atom stereocenters. The summed E-state index contributed by atoms with van der Waals surface area (Å²) in [4.78, 5) is 12.4. The highest BCUT2D eigenvalue weighted by molar-refractivity contribution is 6.02. The van der Waals surface area contributed by atoms with Gasteiger partial charge in [0.2, 0.25) is 0 Å². The summed E-state index contributed by atoms with van der Waals surface area (Å²) in [7, 11) is 0. The van der Waals surface area contributed by atoms with E-state index in [9.17, 15) is 18.0 Å². The number of para-hydroxylation sites is 1. The lowest BCUT2D eigenvalue weighted by Crippen LogP contribution is -2.11. The van der Waals surface area contributed by atoms with Crippen LogP contribution in [-0.4, -0.2) is 10.5 Å². The number of alkyl halides is 3. The molecule has 2 aromatic carbocycles. The van der Waals surface area contributed by atoms with Crippen LogP contribution in [0.3, 0.4) is 0 Å². The molecule has 0 aliphatic rings. The molecular weight excluding hydrogens is 279 g/mol. The quantitative estimate of drug-likeness (QED) is 0.653. The van der Waals surface area contributed by atoms with Crippen molar-refractivity contribution in [1.82, 2.24) is 4.57 Å². The number of carbonyl (C=O) groups excluding carboxylic acids is 1. The van der Waals surface area contributed by atoms with Gasteiger partial charge in [-0.1, -0.05) is 18.2 Å². The number of aromatic nitrogens is 1. The standard InChI is InChI=1S/C16H10F3NO/c17-16(18,19)13-7-5-12(6-8-13)15(21)20-10-9-11-3-1-2-4-14(11)20/h1-10H. The molecule has 0 radical (unpaired) electrons. The molecule has 0 saturated carbocycles. The molecule has 0 fully saturated rings. The molecule has 3 rings (SSSR count). The first kappa shape index (κ1) is 13.4. The molecule has 0 spiro atoms. The number of hydrogen-bond donors (Lipinski definition) is 0. The molecule has 0 aliphatic heterocycles. The summed E-state index contributed by atoms with van der Waals surface area (Å²) in [5.74, 6) is -0.357. The smallest absolute Gasteiger partial charge is 0.283 e. The van der Waals surface area contributed by atoms with Gasteiger partial charge in [-0.2, -0.15) is 13.2 Å². The van der Waals surface area contributed by atoms with Crippen molar-refractivity contribution < 1.29 is 18.0 Å². The fourth-order valence-corrected chi connectivity index (χ4v) is 2.20. The van der Waals surface area contributed by atoms with E-state index in [0.717, 1.165) is 23.0 Å². The fraction of sp³-hybridized carbons (Fsp3) is 0.0625. The van der Waals surface area contributed by atoms with Crippen LogP contribution in [0.15, 0.2) is 60.8 Å². The first-order valence-electron chi connectivity index (χ1n) is 6.25. The molecule has 0 amide bonds. The minimum atomic E-state index is -4.40. The Labute approximate surface area is 118 Å². The highest BCUT2D eigenvalue weighted by Crippen LogP contribution is 2.29. The van der Waals surface area contributed by atoms with Crippen molar-refractivity contribution in [2.24, 2.45) is 0 Å². The normalized spacial score (nSPS) is 11.8. The van der Waals surface area contributed by atoms with E-state index in [1.165, 1.54) is 16.7 Å². The molecule has 3 aromatic rings. The van der Waals surface area contributed by atoms with Crippen LogP contribution >= 0.6 is 0 Å². The summed E-state index contributed by atoms with van der Waals surface area (Å²) in [6.45, 7) is 0. The molecule has 0 bridgehead atoms. The van der Waals surface area contributed by atoms with E-state index >= 15 is 0 Å². The van der Waals surface area contributed by atoms with Gasteiger partial charge in [-0.15, -0.1) is 0 Å².